The summed E-state index contributed by atoms with van der Waals surface area (Å²) >= 11 is 0. The molecule has 0 fully saturated rings. The van der Waals surface area contributed by atoms with E-state index in [0.29, 0.717) is 52.5 Å². The first-order chi connectivity index (χ1) is 15.0. The summed E-state index contributed by atoms with van der Waals surface area (Å²) in [7, 11) is 3.18. The number of fused-ring (bicyclic) bond motifs is 2. The zero-order valence-corrected chi connectivity index (χ0v) is 17.4. The summed E-state index contributed by atoms with van der Waals surface area (Å²) in [6.45, 7) is 0. The maximum absolute atomic E-state index is 12.1. The van der Waals surface area contributed by atoms with E-state index in [4.69, 9.17) is 19.3 Å². The fourth-order valence-electron chi connectivity index (χ4n) is 3.97. The van der Waals surface area contributed by atoms with Crippen molar-refractivity contribution in [1.82, 2.24) is 0 Å². The Kier molecular flexibility index (Phi) is 5.57. The first-order valence-electron chi connectivity index (χ1n) is 10.0. The number of aliphatic hydroxyl groups is 1. The minimum Gasteiger partial charge on any atom is -0.497 e. The number of benzene rings is 3. The predicted octanol–water partition coefficient (Wildman–Crippen LogP) is 4.50. The molecule has 0 amide bonds. The van der Waals surface area contributed by atoms with Crippen molar-refractivity contribution >= 4 is 5.97 Å². The summed E-state index contributed by atoms with van der Waals surface area (Å²) in [6, 6.07) is 18.3. The molecule has 4 rings (SSSR count). The van der Waals surface area contributed by atoms with Gasteiger partial charge in [0.2, 0.25) is 0 Å². The molecule has 1 aliphatic rings. The summed E-state index contributed by atoms with van der Waals surface area (Å²) in [6.07, 6.45) is 1.24. The molecule has 6 heteroatoms. The van der Waals surface area contributed by atoms with Gasteiger partial charge in [-0.1, -0.05) is 24.3 Å². The van der Waals surface area contributed by atoms with E-state index in [-0.39, 0.29) is 6.42 Å². The highest BCUT2D eigenvalue weighted by Gasteiger charge is 2.42. The van der Waals surface area contributed by atoms with Crippen molar-refractivity contribution in [3.05, 3.63) is 82.9 Å². The van der Waals surface area contributed by atoms with Crippen LogP contribution in [0.15, 0.2) is 60.7 Å². The molecule has 3 aromatic carbocycles. The van der Waals surface area contributed by atoms with Gasteiger partial charge in [-0.05, 0) is 54.3 Å². The van der Waals surface area contributed by atoms with Crippen LogP contribution in [0.25, 0.3) is 0 Å². The number of carbonyl (C=O) groups is 1. The van der Waals surface area contributed by atoms with Gasteiger partial charge >= 0.3 is 5.97 Å². The molecule has 1 heterocycles. The minimum absolute atomic E-state index is 0.105. The summed E-state index contributed by atoms with van der Waals surface area (Å²) in [5.74, 6) is 1.55. The highest BCUT2D eigenvalue weighted by molar-refractivity contribution is 5.66. The average molecular weight is 420 g/mol. The zero-order valence-electron chi connectivity index (χ0n) is 17.4. The lowest BCUT2D eigenvalue weighted by molar-refractivity contribution is -0.137. The lowest BCUT2D eigenvalue weighted by Crippen LogP contribution is -2.32. The van der Waals surface area contributed by atoms with Crippen LogP contribution in [0.4, 0.5) is 0 Å². The number of ether oxygens (including phenoxy) is 3. The number of methoxy groups -OCH3 is 2. The molecule has 0 bridgehead atoms. The van der Waals surface area contributed by atoms with E-state index in [9.17, 15) is 9.90 Å². The molecule has 1 atom stereocenters. The van der Waals surface area contributed by atoms with Gasteiger partial charge < -0.3 is 24.4 Å². The molecule has 6 nitrogen and oxygen atoms in total. The molecule has 0 radical (unpaired) electrons. The third kappa shape index (κ3) is 3.82. The summed E-state index contributed by atoms with van der Waals surface area (Å²) < 4.78 is 16.8. The van der Waals surface area contributed by atoms with Crippen LogP contribution < -0.4 is 14.2 Å². The van der Waals surface area contributed by atoms with E-state index in [1.165, 1.54) is 0 Å². The van der Waals surface area contributed by atoms with Gasteiger partial charge in [0, 0.05) is 23.6 Å². The van der Waals surface area contributed by atoms with Crippen LogP contribution in [0.2, 0.25) is 0 Å². The Balaban J connectivity index is 1.81. The Morgan fingerprint density at radius 3 is 2.16 bits per heavy atom. The molecule has 3 aromatic rings. The van der Waals surface area contributed by atoms with Gasteiger partial charge in [0.25, 0.3) is 0 Å². The Labute approximate surface area is 180 Å². The predicted molar refractivity (Wildman–Crippen MR) is 115 cm³/mol. The molecular weight excluding hydrogens is 396 g/mol. The Morgan fingerprint density at radius 1 is 0.903 bits per heavy atom. The number of carboxylic acid groups (broad SMARTS) is 1. The largest absolute Gasteiger partial charge is 0.497 e. The molecule has 160 valence electrons. The van der Waals surface area contributed by atoms with Gasteiger partial charge in [0.05, 0.1) is 14.2 Å². The van der Waals surface area contributed by atoms with E-state index in [1.807, 2.05) is 48.5 Å². The molecule has 0 saturated carbocycles. The molecule has 31 heavy (non-hydrogen) atoms. The maximum atomic E-state index is 12.1. The number of rotatable bonds is 7. The van der Waals surface area contributed by atoms with Crippen molar-refractivity contribution in [3.8, 4) is 23.0 Å². The van der Waals surface area contributed by atoms with Gasteiger partial charge in [-0.25, -0.2) is 0 Å². The van der Waals surface area contributed by atoms with Crippen molar-refractivity contribution in [2.24, 2.45) is 0 Å². The normalized spacial score (nSPS) is 16.6. The number of carboxylic acids is 1. The molecule has 0 aromatic heterocycles. The SMILES string of the molecule is COc1ccc(C2(O)c3ccc(CCCC(=O)O)cc3Oc3cc(OC)ccc32)cc1. The average Bonchev–Trinajstić information content (AvgIpc) is 2.78. The highest BCUT2D eigenvalue weighted by atomic mass is 16.5. The monoisotopic (exact) mass is 420 g/mol. The quantitative estimate of drug-likeness (QED) is 0.585. The van der Waals surface area contributed by atoms with Crippen molar-refractivity contribution in [2.75, 3.05) is 14.2 Å². The second-order valence-electron chi connectivity index (χ2n) is 7.48. The number of hydrogen-bond acceptors (Lipinski definition) is 5. The summed E-state index contributed by atoms with van der Waals surface area (Å²) in [5, 5.41) is 21.0. The number of aliphatic carboxylic acids is 1. The number of hydrogen-bond donors (Lipinski definition) is 2. The molecule has 1 unspecified atom stereocenters. The standard InChI is InChI=1S/C25H24O6/c1-29-18-9-7-17(8-10-18)25(28)20-12-6-16(4-3-5-24(26)27)14-22(20)31-23-15-19(30-2)11-13-21(23)25/h6-15,28H,3-5H2,1-2H3,(H,26,27). The van der Waals surface area contributed by atoms with Crippen LogP contribution in [0, 0.1) is 0 Å². The van der Waals surface area contributed by atoms with Crippen LogP contribution in [0.5, 0.6) is 23.0 Å². The highest BCUT2D eigenvalue weighted by Crippen LogP contribution is 2.51. The van der Waals surface area contributed by atoms with Gasteiger partial charge in [-0.15, -0.1) is 0 Å². The topological polar surface area (TPSA) is 85.2 Å². The van der Waals surface area contributed by atoms with E-state index in [1.54, 1.807) is 26.4 Å². The molecule has 1 aliphatic heterocycles. The molecule has 0 aliphatic carbocycles. The molecule has 2 N–H and O–H groups in total. The molecule has 0 saturated heterocycles. The smallest absolute Gasteiger partial charge is 0.303 e. The minimum atomic E-state index is -1.43. The van der Waals surface area contributed by atoms with Crippen LogP contribution in [0.1, 0.15) is 35.1 Å². The third-order valence-electron chi connectivity index (χ3n) is 5.60. The fourth-order valence-corrected chi connectivity index (χ4v) is 3.97. The van der Waals surface area contributed by atoms with Crippen LogP contribution in [-0.2, 0) is 16.8 Å². The van der Waals surface area contributed by atoms with Gasteiger partial charge in [-0.3, -0.25) is 4.79 Å². The molecule has 0 spiro atoms. The van der Waals surface area contributed by atoms with E-state index in [2.05, 4.69) is 0 Å². The van der Waals surface area contributed by atoms with Crippen molar-refractivity contribution in [3.63, 3.8) is 0 Å². The van der Waals surface area contributed by atoms with Crippen molar-refractivity contribution in [1.29, 1.82) is 0 Å². The van der Waals surface area contributed by atoms with Gasteiger partial charge in [-0.2, -0.15) is 0 Å². The van der Waals surface area contributed by atoms with Crippen LogP contribution >= 0.6 is 0 Å². The van der Waals surface area contributed by atoms with Crippen LogP contribution in [0.3, 0.4) is 0 Å². The first-order valence-corrected chi connectivity index (χ1v) is 10.0. The third-order valence-corrected chi connectivity index (χ3v) is 5.60. The fraction of sp³-hybridized carbons (Fsp3) is 0.240. The second kappa shape index (κ2) is 8.32. The van der Waals surface area contributed by atoms with E-state index >= 15 is 0 Å². The number of aryl methyl sites for hydroxylation is 1. The van der Waals surface area contributed by atoms with Crippen molar-refractivity contribution in [2.45, 2.75) is 24.9 Å². The van der Waals surface area contributed by atoms with Crippen LogP contribution in [-0.4, -0.2) is 30.4 Å². The maximum Gasteiger partial charge on any atom is 0.303 e. The van der Waals surface area contributed by atoms with Crippen molar-refractivity contribution < 1.29 is 29.2 Å². The van der Waals surface area contributed by atoms with Gasteiger partial charge in [0.15, 0.2) is 0 Å². The lowest BCUT2D eigenvalue weighted by atomic mass is 9.77. The Bertz CT molecular complexity index is 1110. The lowest BCUT2D eigenvalue weighted by Gasteiger charge is -2.37. The summed E-state index contributed by atoms with van der Waals surface area (Å²) in [5.41, 5.74) is 1.44. The Morgan fingerprint density at radius 2 is 1.52 bits per heavy atom. The van der Waals surface area contributed by atoms with E-state index in [0.717, 1.165) is 5.56 Å². The zero-order chi connectivity index (χ0) is 22.0. The summed E-state index contributed by atoms with van der Waals surface area (Å²) in [4.78, 5) is 10.8. The van der Waals surface area contributed by atoms with E-state index < -0.39 is 11.6 Å². The molecular formula is C25H24O6. The second-order valence-corrected chi connectivity index (χ2v) is 7.48. The Hall–Kier alpha value is -3.51. The first kappa shape index (κ1) is 20.8. The van der Waals surface area contributed by atoms with Gasteiger partial charge in [0.1, 0.15) is 28.6 Å².